The van der Waals surface area contributed by atoms with Crippen molar-refractivity contribution in [1.82, 2.24) is 15.3 Å². The third-order valence-corrected chi connectivity index (χ3v) is 4.14. The minimum absolute atomic E-state index is 0.155. The van der Waals surface area contributed by atoms with Crippen LogP contribution in [0.2, 0.25) is 0 Å². The highest BCUT2D eigenvalue weighted by Gasteiger charge is 2.15. The van der Waals surface area contributed by atoms with Crippen molar-refractivity contribution in [3.8, 4) is 0 Å². The van der Waals surface area contributed by atoms with E-state index in [-0.39, 0.29) is 6.04 Å². The standard InChI is InChI=1S/C17H19N3S/c1-3-8-18-17(16-10-21-11-19-16)14-6-7-15-13(9-14)5-4-12(2)20-15/h4-7,9-11,17-18H,3,8H2,1-2H3. The van der Waals surface area contributed by atoms with Gasteiger partial charge in [-0.05, 0) is 43.7 Å². The summed E-state index contributed by atoms with van der Waals surface area (Å²) in [5.41, 5.74) is 6.32. The van der Waals surface area contributed by atoms with Gasteiger partial charge in [0.2, 0.25) is 0 Å². The van der Waals surface area contributed by atoms with Crippen molar-refractivity contribution in [1.29, 1.82) is 0 Å². The molecule has 0 fully saturated rings. The number of hydrogen-bond acceptors (Lipinski definition) is 4. The summed E-state index contributed by atoms with van der Waals surface area (Å²) in [6.45, 7) is 5.18. The lowest BCUT2D eigenvalue weighted by Crippen LogP contribution is -2.23. The van der Waals surface area contributed by atoms with E-state index in [9.17, 15) is 0 Å². The molecule has 1 atom stereocenters. The molecule has 0 amide bonds. The van der Waals surface area contributed by atoms with Crippen molar-refractivity contribution in [2.24, 2.45) is 0 Å². The van der Waals surface area contributed by atoms with Gasteiger partial charge in [0.1, 0.15) is 0 Å². The highest BCUT2D eigenvalue weighted by atomic mass is 32.1. The van der Waals surface area contributed by atoms with Crippen LogP contribution in [0.3, 0.4) is 0 Å². The van der Waals surface area contributed by atoms with Crippen LogP contribution in [-0.4, -0.2) is 16.5 Å². The number of aryl methyl sites for hydroxylation is 1. The molecule has 0 saturated carbocycles. The van der Waals surface area contributed by atoms with E-state index in [1.54, 1.807) is 11.3 Å². The molecule has 21 heavy (non-hydrogen) atoms. The Morgan fingerprint density at radius 3 is 2.90 bits per heavy atom. The number of fused-ring (bicyclic) bond motifs is 1. The number of benzene rings is 1. The fourth-order valence-electron chi connectivity index (χ4n) is 2.47. The lowest BCUT2D eigenvalue weighted by molar-refractivity contribution is 0.589. The molecule has 0 aliphatic rings. The predicted octanol–water partition coefficient (Wildman–Crippen LogP) is 4.09. The smallest absolute Gasteiger partial charge is 0.0795 e. The Morgan fingerprint density at radius 1 is 1.24 bits per heavy atom. The van der Waals surface area contributed by atoms with E-state index < -0.39 is 0 Å². The summed E-state index contributed by atoms with van der Waals surface area (Å²) in [6.07, 6.45) is 1.11. The minimum atomic E-state index is 0.155. The van der Waals surface area contributed by atoms with Crippen LogP contribution < -0.4 is 5.32 Å². The average molecular weight is 297 g/mol. The van der Waals surface area contributed by atoms with Crippen LogP contribution in [0.15, 0.2) is 41.2 Å². The van der Waals surface area contributed by atoms with Crippen molar-refractivity contribution < 1.29 is 0 Å². The Morgan fingerprint density at radius 2 is 2.14 bits per heavy atom. The summed E-state index contributed by atoms with van der Waals surface area (Å²) in [5, 5.41) is 6.88. The fraction of sp³-hybridized carbons (Fsp3) is 0.294. The number of nitrogens with zero attached hydrogens (tertiary/aromatic N) is 2. The summed E-state index contributed by atoms with van der Waals surface area (Å²) in [6, 6.07) is 10.8. The molecular formula is C17H19N3S. The summed E-state index contributed by atoms with van der Waals surface area (Å²) in [4.78, 5) is 9.05. The molecule has 0 spiro atoms. The van der Waals surface area contributed by atoms with Gasteiger partial charge in [0.25, 0.3) is 0 Å². The molecule has 1 unspecified atom stereocenters. The zero-order chi connectivity index (χ0) is 14.7. The minimum Gasteiger partial charge on any atom is -0.305 e. The van der Waals surface area contributed by atoms with E-state index in [0.29, 0.717) is 0 Å². The molecule has 3 aromatic rings. The third-order valence-electron chi connectivity index (χ3n) is 3.53. The molecule has 0 bridgehead atoms. The van der Waals surface area contributed by atoms with Crippen molar-refractivity contribution in [2.75, 3.05) is 6.54 Å². The molecule has 1 aromatic carbocycles. The maximum Gasteiger partial charge on any atom is 0.0795 e. The van der Waals surface area contributed by atoms with Gasteiger partial charge in [-0.25, -0.2) is 4.98 Å². The normalized spacial score (nSPS) is 12.7. The molecule has 0 aliphatic heterocycles. The zero-order valence-corrected chi connectivity index (χ0v) is 13.2. The SMILES string of the molecule is CCCNC(c1ccc2nc(C)ccc2c1)c1cscn1. The van der Waals surface area contributed by atoms with Crippen LogP contribution in [0, 0.1) is 6.92 Å². The van der Waals surface area contributed by atoms with Crippen molar-refractivity contribution >= 4 is 22.2 Å². The van der Waals surface area contributed by atoms with Crippen LogP contribution in [0.1, 0.15) is 36.3 Å². The van der Waals surface area contributed by atoms with Gasteiger partial charge >= 0.3 is 0 Å². The first kappa shape index (κ1) is 14.2. The summed E-state index contributed by atoms with van der Waals surface area (Å²) < 4.78 is 0. The van der Waals surface area contributed by atoms with Gasteiger partial charge in [0.05, 0.1) is 22.8 Å². The first-order valence-electron chi connectivity index (χ1n) is 7.26. The van der Waals surface area contributed by atoms with Crippen LogP contribution in [-0.2, 0) is 0 Å². The highest BCUT2D eigenvalue weighted by Crippen LogP contribution is 2.25. The largest absolute Gasteiger partial charge is 0.305 e. The van der Waals surface area contributed by atoms with E-state index in [2.05, 4.69) is 57.9 Å². The molecule has 0 saturated heterocycles. The quantitative estimate of drug-likeness (QED) is 0.771. The second-order valence-corrected chi connectivity index (χ2v) is 5.92. The topological polar surface area (TPSA) is 37.8 Å². The van der Waals surface area contributed by atoms with Gasteiger partial charge in [-0.15, -0.1) is 11.3 Å². The second kappa shape index (κ2) is 6.33. The van der Waals surface area contributed by atoms with Crippen LogP contribution in [0.4, 0.5) is 0 Å². The average Bonchev–Trinajstić information content (AvgIpc) is 3.02. The van der Waals surface area contributed by atoms with Gasteiger partial charge < -0.3 is 5.32 Å². The monoisotopic (exact) mass is 297 g/mol. The molecule has 3 nitrogen and oxygen atoms in total. The number of thiazole rings is 1. The van der Waals surface area contributed by atoms with Gasteiger partial charge in [-0.2, -0.15) is 0 Å². The Balaban J connectivity index is 2.00. The van der Waals surface area contributed by atoms with Gasteiger partial charge in [-0.3, -0.25) is 4.98 Å². The second-order valence-electron chi connectivity index (χ2n) is 5.21. The molecule has 4 heteroatoms. The maximum absolute atomic E-state index is 4.57. The first-order chi connectivity index (χ1) is 10.3. The van der Waals surface area contributed by atoms with Crippen molar-refractivity contribution in [2.45, 2.75) is 26.3 Å². The van der Waals surface area contributed by atoms with Crippen molar-refractivity contribution in [3.05, 3.63) is 58.2 Å². The molecule has 3 rings (SSSR count). The van der Waals surface area contributed by atoms with Gasteiger partial charge in [0, 0.05) is 16.5 Å². The van der Waals surface area contributed by atoms with Crippen LogP contribution in [0.25, 0.3) is 10.9 Å². The molecule has 2 aromatic heterocycles. The molecule has 1 N–H and O–H groups in total. The summed E-state index contributed by atoms with van der Waals surface area (Å²) in [7, 11) is 0. The highest BCUT2D eigenvalue weighted by molar-refractivity contribution is 7.07. The molecule has 108 valence electrons. The lowest BCUT2D eigenvalue weighted by Gasteiger charge is -2.17. The Hall–Kier alpha value is -1.78. The Bertz CT molecular complexity index is 722. The third kappa shape index (κ3) is 3.12. The van der Waals surface area contributed by atoms with Crippen LogP contribution >= 0.6 is 11.3 Å². The lowest BCUT2D eigenvalue weighted by atomic mass is 10.0. The van der Waals surface area contributed by atoms with Gasteiger partial charge in [0.15, 0.2) is 0 Å². The first-order valence-corrected chi connectivity index (χ1v) is 8.21. The molecule has 2 heterocycles. The van der Waals surface area contributed by atoms with Crippen LogP contribution in [0.5, 0.6) is 0 Å². The number of hydrogen-bond donors (Lipinski definition) is 1. The molecular weight excluding hydrogens is 278 g/mol. The zero-order valence-electron chi connectivity index (χ0n) is 12.3. The van der Waals surface area contributed by atoms with E-state index in [4.69, 9.17) is 0 Å². The summed E-state index contributed by atoms with van der Waals surface area (Å²) in [5.74, 6) is 0. The van der Waals surface area contributed by atoms with Crippen molar-refractivity contribution in [3.63, 3.8) is 0 Å². The number of pyridine rings is 1. The van der Waals surface area contributed by atoms with E-state index in [1.807, 2.05) is 12.4 Å². The summed E-state index contributed by atoms with van der Waals surface area (Å²) >= 11 is 1.64. The molecule has 0 radical (unpaired) electrons. The Kier molecular flexibility index (Phi) is 4.27. The van der Waals surface area contributed by atoms with E-state index in [1.165, 1.54) is 10.9 Å². The van der Waals surface area contributed by atoms with E-state index in [0.717, 1.165) is 29.9 Å². The fourth-order valence-corrected chi connectivity index (χ4v) is 3.05. The predicted molar refractivity (Wildman–Crippen MR) is 88.7 cm³/mol. The number of nitrogens with one attached hydrogen (secondary N) is 1. The van der Waals surface area contributed by atoms with Gasteiger partial charge in [-0.1, -0.05) is 19.1 Å². The number of rotatable bonds is 5. The maximum atomic E-state index is 4.57. The van der Waals surface area contributed by atoms with E-state index >= 15 is 0 Å². The number of aromatic nitrogens is 2. The Labute approximate surface area is 129 Å². The molecule has 0 aliphatic carbocycles.